The third kappa shape index (κ3) is 6.06. The van der Waals surface area contributed by atoms with Crippen molar-refractivity contribution in [2.45, 2.75) is 26.1 Å². The molecule has 1 aromatic rings. The summed E-state index contributed by atoms with van der Waals surface area (Å²) < 4.78 is 46.5. The summed E-state index contributed by atoms with van der Waals surface area (Å²) in [6.07, 6.45) is -0.287. The number of terminal acetylenes is 1. The Morgan fingerprint density at radius 1 is 1.45 bits per heavy atom. The van der Waals surface area contributed by atoms with Gasteiger partial charge in [-0.1, -0.05) is 12.0 Å². The van der Waals surface area contributed by atoms with Crippen molar-refractivity contribution >= 4 is 11.6 Å². The molecular weight excluding hydrogens is 299 g/mol. The van der Waals surface area contributed by atoms with Crippen LogP contribution in [-0.2, 0) is 9.53 Å². The van der Waals surface area contributed by atoms with E-state index in [1.165, 1.54) is 19.1 Å². The second kappa shape index (κ2) is 7.71. The van der Waals surface area contributed by atoms with Gasteiger partial charge in [0, 0.05) is 0 Å². The van der Waals surface area contributed by atoms with E-state index in [1.54, 1.807) is 13.0 Å². The van der Waals surface area contributed by atoms with Crippen molar-refractivity contribution in [1.29, 1.82) is 0 Å². The number of aryl methyl sites for hydroxylation is 1. The summed E-state index contributed by atoms with van der Waals surface area (Å²) >= 11 is 0. The zero-order valence-electron chi connectivity index (χ0n) is 12.2. The van der Waals surface area contributed by atoms with Crippen molar-refractivity contribution < 1.29 is 27.4 Å². The van der Waals surface area contributed by atoms with Gasteiger partial charge in [-0.25, -0.2) is 0 Å². The number of alkyl halides is 3. The summed E-state index contributed by atoms with van der Waals surface area (Å²) in [5.74, 6) is 1.63. The van der Waals surface area contributed by atoms with Gasteiger partial charge >= 0.3 is 6.18 Å². The van der Waals surface area contributed by atoms with Crippen molar-refractivity contribution in [3.05, 3.63) is 23.8 Å². The molecule has 0 aliphatic carbocycles. The van der Waals surface area contributed by atoms with Crippen LogP contribution < -0.4 is 10.1 Å². The molecule has 0 fully saturated rings. The molecule has 1 unspecified atom stereocenters. The van der Waals surface area contributed by atoms with Gasteiger partial charge in [0.2, 0.25) is 0 Å². The molecule has 0 aromatic heterocycles. The zero-order valence-corrected chi connectivity index (χ0v) is 12.2. The molecule has 120 valence electrons. The molecule has 0 radical (unpaired) electrons. The maximum Gasteiger partial charge on any atom is 0.422 e. The highest BCUT2D eigenvalue weighted by Crippen LogP contribution is 2.28. The Hall–Kier alpha value is -2.20. The van der Waals surface area contributed by atoms with Crippen LogP contribution >= 0.6 is 0 Å². The molecule has 1 N–H and O–H groups in total. The highest BCUT2D eigenvalue weighted by atomic mass is 19.4. The zero-order chi connectivity index (χ0) is 16.8. The number of benzene rings is 1. The Morgan fingerprint density at radius 3 is 2.73 bits per heavy atom. The quantitative estimate of drug-likeness (QED) is 0.821. The lowest BCUT2D eigenvalue weighted by Gasteiger charge is -2.16. The molecule has 0 heterocycles. The third-order valence-electron chi connectivity index (χ3n) is 2.57. The lowest BCUT2D eigenvalue weighted by molar-refractivity contribution is -0.153. The molecule has 1 atom stereocenters. The largest absolute Gasteiger partial charge is 0.482 e. The lowest BCUT2D eigenvalue weighted by atomic mass is 10.2. The molecule has 0 saturated heterocycles. The smallest absolute Gasteiger partial charge is 0.422 e. The maximum absolute atomic E-state index is 12.3. The maximum atomic E-state index is 12.3. The van der Waals surface area contributed by atoms with E-state index < -0.39 is 24.8 Å². The minimum absolute atomic E-state index is 0.0418. The summed E-state index contributed by atoms with van der Waals surface area (Å²) in [5, 5.41) is 2.46. The van der Waals surface area contributed by atoms with Crippen LogP contribution in [0.25, 0.3) is 0 Å². The number of nitrogens with one attached hydrogen (secondary N) is 1. The number of carbonyl (C=O) groups excluding carboxylic acids is 1. The minimum Gasteiger partial charge on any atom is -0.482 e. The molecule has 4 nitrogen and oxygen atoms in total. The number of amides is 1. The molecule has 22 heavy (non-hydrogen) atoms. The topological polar surface area (TPSA) is 47.6 Å². The van der Waals surface area contributed by atoms with Crippen molar-refractivity contribution in [2.75, 3.05) is 18.5 Å². The number of rotatable bonds is 6. The third-order valence-corrected chi connectivity index (χ3v) is 2.57. The van der Waals surface area contributed by atoms with E-state index in [0.29, 0.717) is 5.56 Å². The van der Waals surface area contributed by atoms with E-state index >= 15 is 0 Å². The normalized spacial score (nSPS) is 12.4. The second-order valence-corrected chi connectivity index (χ2v) is 4.55. The Morgan fingerprint density at radius 2 is 2.14 bits per heavy atom. The van der Waals surface area contributed by atoms with Crippen molar-refractivity contribution in [2.24, 2.45) is 0 Å². The summed E-state index contributed by atoms with van der Waals surface area (Å²) in [4.78, 5) is 11.9. The summed E-state index contributed by atoms with van der Waals surface area (Å²) in [6.45, 7) is 1.70. The second-order valence-electron chi connectivity index (χ2n) is 4.55. The van der Waals surface area contributed by atoms with Crippen LogP contribution in [0, 0.1) is 19.3 Å². The summed E-state index contributed by atoms with van der Waals surface area (Å²) in [5.41, 5.74) is 0.836. The van der Waals surface area contributed by atoms with Gasteiger partial charge in [0.15, 0.2) is 6.61 Å². The van der Waals surface area contributed by atoms with Gasteiger partial charge < -0.3 is 14.8 Å². The average Bonchev–Trinajstić information content (AvgIpc) is 2.43. The Balaban J connectivity index is 2.81. The summed E-state index contributed by atoms with van der Waals surface area (Å²) in [7, 11) is 0. The van der Waals surface area contributed by atoms with Crippen LogP contribution in [0.15, 0.2) is 18.2 Å². The fraction of sp³-hybridized carbons (Fsp3) is 0.400. The predicted molar refractivity (Wildman–Crippen MR) is 75.6 cm³/mol. The van der Waals surface area contributed by atoms with Crippen LogP contribution in [0.1, 0.15) is 12.5 Å². The number of carbonyl (C=O) groups is 1. The first kappa shape index (κ1) is 17.9. The average molecular weight is 315 g/mol. The molecule has 0 aliphatic heterocycles. The molecule has 1 aromatic carbocycles. The van der Waals surface area contributed by atoms with Gasteiger partial charge in [-0.15, -0.1) is 6.42 Å². The number of hydrogen-bond donors (Lipinski definition) is 1. The Labute approximate surface area is 126 Å². The van der Waals surface area contributed by atoms with E-state index in [9.17, 15) is 18.0 Å². The minimum atomic E-state index is -4.46. The molecular formula is C15H16F3NO3. The monoisotopic (exact) mass is 315 g/mol. The van der Waals surface area contributed by atoms with E-state index in [0.717, 1.165) is 0 Å². The fourth-order valence-electron chi connectivity index (χ4n) is 1.49. The fourth-order valence-corrected chi connectivity index (χ4v) is 1.49. The van der Waals surface area contributed by atoms with Crippen molar-refractivity contribution in [3.8, 4) is 18.1 Å². The van der Waals surface area contributed by atoms with Gasteiger partial charge in [0.25, 0.3) is 5.91 Å². The van der Waals surface area contributed by atoms with Crippen LogP contribution in [0.3, 0.4) is 0 Å². The highest BCUT2D eigenvalue weighted by Gasteiger charge is 2.29. The number of ether oxygens (including phenoxy) is 2. The Bertz CT molecular complexity index is 564. The van der Waals surface area contributed by atoms with E-state index in [-0.39, 0.29) is 18.0 Å². The molecule has 1 rings (SSSR count). The Kier molecular flexibility index (Phi) is 6.25. The number of hydrogen-bond acceptors (Lipinski definition) is 3. The van der Waals surface area contributed by atoms with Crippen molar-refractivity contribution in [3.63, 3.8) is 0 Å². The van der Waals surface area contributed by atoms with Crippen LogP contribution in [0.4, 0.5) is 18.9 Å². The van der Waals surface area contributed by atoms with Crippen LogP contribution in [-0.4, -0.2) is 31.4 Å². The van der Waals surface area contributed by atoms with Crippen LogP contribution in [0.5, 0.6) is 5.75 Å². The molecule has 0 aliphatic rings. The molecule has 7 heteroatoms. The predicted octanol–water partition coefficient (Wildman–Crippen LogP) is 2.91. The first-order valence-corrected chi connectivity index (χ1v) is 6.39. The van der Waals surface area contributed by atoms with Gasteiger partial charge in [-0.2, -0.15) is 13.2 Å². The van der Waals surface area contributed by atoms with E-state index in [1.807, 2.05) is 0 Å². The van der Waals surface area contributed by atoms with Gasteiger partial charge in [0.1, 0.15) is 18.5 Å². The number of halogens is 3. The van der Waals surface area contributed by atoms with Crippen LogP contribution in [0.2, 0.25) is 0 Å². The van der Waals surface area contributed by atoms with E-state index in [4.69, 9.17) is 15.9 Å². The lowest BCUT2D eigenvalue weighted by Crippen LogP contribution is -2.28. The first-order chi connectivity index (χ1) is 10.2. The highest BCUT2D eigenvalue weighted by molar-refractivity contribution is 5.95. The van der Waals surface area contributed by atoms with Gasteiger partial charge in [0.05, 0.1) is 5.69 Å². The standard InChI is InChI=1S/C15H16F3NO3/c1-4-7-21-11(3)14(20)19-12-6-5-10(2)8-13(12)22-9-15(16,17)18/h1,5-6,8,11H,7,9H2,2-3H3,(H,19,20). The molecule has 0 saturated carbocycles. The molecule has 0 bridgehead atoms. The van der Waals surface area contributed by atoms with Gasteiger partial charge in [-0.05, 0) is 31.5 Å². The SMILES string of the molecule is C#CCOC(C)C(=O)Nc1ccc(C)cc1OCC(F)(F)F. The number of anilines is 1. The first-order valence-electron chi connectivity index (χ1n) is 6.39. The summed E-state index contributed by atoms with van der Waals surface area (Å²) in [6, 6.07) is 4.52. The molecule has 1 amide bonds. The van der Waals surface area contributed by atoms with Gasteiger partial charge in [-0.3, -0.25) is 4.79 Å². The van der Waals surface area contributed by atoms with Crippen molar-refractivity contribution in [1.82, 2.24) is 0 Å². The van der Waals surface area contributed by atoms with E-state index in [2.05, 4.69) is 11.2 Å². The molecule has 0 spiro atoms.